The number of sulfonamides is 1. The normalized spacial score (nSPS) is 14.1. The molecule has 2 aromatic heterocycles. The minimum absolute atomic E-state index is 0.113. The van der Waals surface area contributed by atoms with Gasteiger partial charge in [-0.25, -0.2) is 13.4 Å². The van der Waals surface area contributed by atoms with Crippen LogP contribution in [0.5, 0.6) is 5.75 Å². The van der Waals surface area contributed by atoms with Crippen molar-refractivity contribution in [1.29, 1.82) is 0 Å². The van der Waals surface area contributed by atoms with E-state index in [0.717, 1.165) is 15.9 Å². The Hall–Kier alpha value is -4.11. The van der Waals surface area contributed by atoms with Crippen molar-refractivity contribution in [3.8, 4) is 5.75 Å². The highest BCUT2D eigenvalue weighted by Crippen LogP contribution is 2.29. The van der Waals surface area contributed by atoms with E-state index >= 15 is 0 Å². The van der Waals surface area contributed by atoms with Crippen LogP contribution in [0.3, 0.4) is 0 Å². The van der Waals surface area contributed by atoms with E-state index in [1.807, 2.05) is 0 Å². The highest BCUT2D eigenvalue weighted by molar-refractivity contribution is 7.89. The van der Waals surface area contributed by atoms with Crippen LogP contribution in [0.25, 0.3) is 10.2 Å². The van der Waals surface area contributed by atoms with Crippen LogP contribution in [0.15, 0.2) is 64.5 Å². The fourth-order valence-electron chi connectivity index (χ4n) is 4.42. The molecule has 0 bridgehead atoms. The number of para-hydroxylation sites is 2. The summed E-state index contributed by atoms with van der Waals surface area (Å²) in [4.78, 5) is 44.2. The summed E-state index contributed by atoms with van der Waals surface area (Å²) in [5, 5.41) is 5.73. The molecule has 0 radical (unpaired) electrons. The van der Waals surface area contributed by atoms with Gasteiger partial charge in [0.15, 0.2) is 0 Å². The number of aryl methyl sites for hydroxylation is 1. The number of methoxy groups -OCH3 is 1. The minimum atomic E-state index is -3.66. The van der Waals surface area contributed by atoms with Crippen LogP contribution in [0.4, 0.5) is 11.4 Å². The summed E-state index contributed by atoms with van der Waals surface area (Å²) in [6.07, 6.45) is 1.26. The van der Waals surface area contributed by atoms with Crippen LogP contribution in [0, 0.1) is 6.92 Å². The molecule has 214 valence electrons. The third-order valence-electron chi connectivity index (χ3n) is 6.54. The molecule has 0 aliphatic carbocycles. The van der Waals surface area contributed by atoms with Crippen molar-refractivity contribution in [3.05, 3.63) is 75.7 Å². The van der Waals surface area contributed by atoms with Crippen molar-refractivity contribution in [1.82, 2.24) is 13.9 Å². The third-order valence-corrected chi connectivity index (χ3v) is 9.65. The van der Waals surface area contributed by atoms with E-state index in [1.54, 1.807) is 31.2 Å². The second kappa shape index (κ2) is 11.8. The molecule has 0 atom stereocenters. The number of aromatic nitrogens is 2. The van der Waals surface area contributed by atoms with Gasteiger partial charge < -0.3 is 20.1 Å². The summed E-state index contributed by atoms with van der Waals surface area (Å²) in [6, 6.07) is 12.8. The first-order valence-corrected chi connectivity index (χ1v) is 14.9. The summed E-state index contributed by atoms with van der Waals surface area (Å²) in [5.74, 6) is -0.406. The summed E-state index contributed by atoms with van der Waals surface area (Å²) >= 11 is 1.09. The lowest BCUT2D eigenvalue weighted by molar-refractivity contribution is -0.116. The highest BCUT2D eigenvalue weighted by Gasteiger charge is 2.26. The number of fused-ring (bicyclic) bond motifs is 1. The standard InChI is InChI=1S/C27H27N5O7S2/c1-17-23-26(40-24(17)25(34)30-20-5-3-4-6-21(20)38-2)28-16-31(27(23)35)15-22(33)29-18-7-9-19(10-8-18)41(36,37)32-11-13-39-14-12-32/h3-10,16H,11-15H2,1-2H3,(H,29,33)(H,30,34). The van der Waals surface area contributed by atoms with Crippen LogP contribution in [0.2, 0.25) is 0 Å². The van der Waals surface area contributed by atoms with Crippen molar-refractivity contribution >= 4 is 54.8 Å². The van der Waals surface area contributed by atoms with E-state index in [4.69, 9.17) is 9.47 Å². The monoisotopic (exact) mass is 597 g/mol. The maximum Gasteiger partial charge on any atom is 0.266 e. The van der Waals surface area contributed by atoms with Gasteiger partial charge in [-0.1, -0.05) is 12.1 Å². The number of thiophene rings is 1. The second-order valence-corrected chi connectivity index (χ2v) is 12.1. The molecule has 2 aromatic carbocycles. The van der Waals surface area contributed by atoms with Crippen LogP contribution in [0.1, 0.15) is 15.2 Å². The lowest BCUT2D eigenvalue weighted by Gasteiger charge is -2.26. The third kappa shape index (κ3) is 5.86. The number of nitrogens with one attached hydrogen (secondary N) is 2. The SMILES string of the molecule is COc1ccccc1NC(=O)c1sc2ncn(CC(=O)Nc3ccc(S(=O)(=O)N4CCOCC4)cc3)c(=O)c2c1C. The largest absolute Gasteiger partial charge is 0.495 e. The van der Waals surface area contributed by atoms with Crippen molar-refractivity contribution in [2.75, 3.05) is 44.0 Å². The zero-order chi connectivity index (χ0) is 29.1. The van der Waals surface area contributed by atoms with Gasteiger partial charge >= 0.3 is 0 Å². The molecule has 1 aliphatic heterocycles. The molecular weight excluding hydrogens is 570 g/mol. The highest BCUT2D eigenvalue weighted by atomic mass is 32.2. The van der Waals surface area contributed by atoms with Crippen LogP contribution >= 0.6 is 11.3 Å². The van der Waals surface area contributed by atoms with Crippen molar-refractivity contribution in [3.63, 3.8) is 0 Å². The molecule has 2 N–H and O–H groups in total. The quantitative estimate of drug-likeness (QED) is 0.315. The van der Waals surface area contributed by atoms with Gasteiger partial charge in [-0.2, -0.15) is 4.31 Å². The van der Waals surface area contributed by atoms with Gasteiger partial charge in [0.25, 0.3) is 11.5 Å². The number of ether oxygens (including phenoxy) is 2. The number of carbonyl (C=O) groups excluding carboxylic acids is 2. The number of anilines is 2. The van der Waals surface area contributed by atoms with E-state index in [9.17, 15) is 22.8 Å². The molecule has 3 heterocycles. The summed E-state index contributed by atoms with van der Waals surface area (Å²) in [6.45, 7) is 2.59. The number of rotatable bonds is 8. The van der Waals surface area contributed by atoms with Gasteiger partial charge in [0.1, 0.15) is 17.1 Å². The predicted molar refractivity (Wildman–Crippen MR) is 154 cm³/mol. The van der Waals surface area contributed by atoms with Gasteiger partial charge in [0, 0.05) is 18.8 Å². The molecule has 1 aliphatic rings. The van der Waals surface area contributed by atoms with Gasteiger partial charge in [-0.05, 0) is 48.9 Å². The number of hydrogen-bond donors (Lipinski definition) is 2. The summed E-state index contributed by atoms with van der Waals surface area (Å²) in [7, 11) is -2.15. The molecule has 5 rings (SSSR count). The average Bonchev–Trinajstić information content (AvgIpc) is 3.32. The number of hydrogen-bond acceptors (Lipinski definition) is 9. The van der Waals surface area contributed by atoms with Gasteiger partial charge in [0.05, 0.1) is 47.5 Å². The molecule has 0 spiro atoms. The Morgan fingerprint density at radius 2 is 1.78 bits per heavy atom. The van der Waals surface area contributed by atoms with E-state index in [-0.39, 0.29) is 29.9 Å². The molecule has 14 heteroatoms. The topological polar surface area (TPSA) is 149 Å². The molecule has 1 fully saturated rings. The predicted octanol–water partition coefficient (Wildman–Crippen LogP) is 2.69. The fraction of sp³-hybridized carbons (Fsp3) is 0.259. The Kier molecular flexibility index (Phi) is 8.17. The summed E-state index contributed by atoms with van der Waals surface area (Å²) in [5.41, 5.74) is 0.870. The zero-order valence-corrected chi connectivity index (χ0v) is 23.9. The smallest absolute Gasteiger partial charge is 0.266 e. The minimum Gasteiger partial charge on any atom is -0.495 e. The van der Waals surface area contributed by atoms with Gasteiger partial charge in [0.2, 0.25) is 15.9 Å². The Bertz CT molecular complexity index is 1780. The molecule has 4 aromatic rings. The Morgan fingerprint density at radius 1 is 1.07 bits per heavy atom. The van der Waals surface area contributed by atoms with Crippen molar-refractivity contribution in [2.45, 2.75) is 18.4 Å². The first kappa shape index (κ1) is 28.4. The number of benzene rings is 2. The number of amides is 2. The Balaban J connectivity index is 1.30. The molecule has 0 unspecified atom stereocenters. The van der Waals surface area contributed by atoms with E-state index in [0.29, 0.717) is 45.6 Å². The lowest BCUT2D eigenvalue weighted by atomic mass is 10.2. The van der Waals surface area contributed by atoms with E-state index in [1.165, 1.54) is 42.0 Å². The fourth-order valence-corrected chi connectivity index (χ4v) is 6.86. The second-order valence-electron chi connectivity index (χ2n) is 9.16. The van der Waals surface area contributed by atoms with Crippen molar-refractivity contribution < 1.29 is 27.5 Å². The van der Waals surface area contributed by atoms with Gasteiger partial charge in [-0.15, -0.1) is 11.3 Å². The molecule has 41 heavy (non-hydrogen) atoms. The number of nitrogens with zero attached hydrogens (tertiary/aromatic N) is 3. The Morgan fingerprint density at radius 3 is 2.49 bits per heavy atom. The number of carbonyl (C=O) groups is 2. The van der Waals surface area contributed by atoms with E-state index < -0.39 is 27.4 Å². The maximum absolute atomic E-state index is 13.3. The van der Waals surface area contributed by atoms with E-state index in [2.05, 4.69) is 15.6 Å². The molecule has 2 amide bonds. The average molecular weight is 598 g/mol. The van der Waals surface area contributed by atoms with Crippen molar-refractivity contribution in [2.24, 2.45) is 0 Å². The maximum atomic E-state index is 13.3. The van der Waals surface area contributed by atoms with Crippen LogP contribution < -0.4 is 20.9 Å². The van der Waals surface area contributed by atoms with Gasteiger partial charge in [-0.3, -0.25) is 19.0 Å². The number of morpholine rings is 1. The first-order chi connectivity index (χ1) is 19.7. The molecule has 0 saturated carbocycles. The first-order valence-electron chi connectivity index (χ1n) is 12.6. The molecular formula is C27H27N5O7S2. The zero-order valence-electron chi connectivity index (χ0n) is 22.2. The summed E-state index contributed by atoms with van der Waals surface area (Å²) < 4.78 is 38.6. The van der Waals surface area contributed by atoms with Crippen LogP contribution in [-0.2, 0) is 26.1 Å². The molecule has 1 saturated heterocycles. The van der Waals surface area contributed by atoms with Crippen LogP contribution in [-0.4, -0.2) is 67.5 Å². The molecule has 12 nitrogen and oxygen atoms in total. The lowest BCUT2D eigenvalue weighted by Crippen LogP contribution is -2.40. The Labute approximate surface area is 239 Å².